The van der Waals surface area contributed by atoms with Gasteiger partial charge in [0.05, 0.1) is 18.0 Å². The third-order valence-corrected chi connectivity index (χ3v) is 4.16. The first-order valence-electron chi connectivity index (χ1n) is 7.10. The highest BCUT2D eigenvalue weighted by molar-refractivity contribution is 5.79. The highest BCUT2D eigenvalue weighted by Gasteiger charge is 2.19. The van der Waals surface area contributed by atoms with E-state index in [9.17, 15) is 9.59 Å². The Morgan fingerprint density at radius 2 is 2.19 bits per heavy atom. The molecule has 0 bridgehead atoms. The van der Waals surface area contributed by atoms with Gasteiger partial charge in [-0.25, -0.2) is 4.79 Å². The number of nitrogens with one attached hydrogen (secondary N) is 1. The first-order valence-corrected chi connectivity index (χ1v) is 7.10. The monoisotopic (exact) mass is 289 g/mol. The van der Waals surface area contributed by atoms with E-state index in [2.05, 4.69) is 5.32 Å². The van der Waals surface area contributed by atoms with E-state index in [4.69, 9.17) is 4.74 Å². The maximum atomic E-state index is 12.6. The lowest BCUT2D eigenvalue weighted by Gasteiger charge is -2.14. The quantitative estimate of drug-likeness (QED) is 0.884. The number of ether oxygens (including phenoxy) is 1. The van der Waals surface area contributed by atoms with Gasteiger partial charge < -0.3 is 10.1 Å². The Morgan fingerprint density at radius 3 is 2.86 bits per heavy atom. The number of benzene rings is 1. The van der Waals surface area contributed by atoms with Crippen molar-refractivity contribution in [1.82, 2.24) is 14.5 Å². The number of hydrogen-bond donors (Lipinski definition) is 1. The summed E-state index contributed by atoms with van der Waals surface area (Å²) in [5.74, 6) is 0.973. The van der Waals surface area contributed by atoms with Crippen LogP contribution in [-0.2, 0) is 13.6 Å². The molecule has 1 N–H and O–H groups in total. The molecule has 1 fully saturated rings. The number of aryl methyl sites for hydroxylation is 1. The van der Waals surface area contributed by atoms with Crippen molar-refractivity contribution in [3.8, 4) is 5.75 Å². The lowest BCUT2D eigenvalue weighted by Crippen LogP contribution is -2.40. The maximum Gasteiger partial charge on any atom is 0.331 e. The number of nitrogens with zero attached hydrogens (tertiary/aromatic N) is 2. The lowest BCUT2D eigenvalue weighted by atomic mass is 10.1. The largest absolute Gasteiger partial charge is 0.497 e. The second-order valence-electron chi connectivity index (χ2n) is 5.50. The average molecular weight is 289 g/mol. The van der Waals surface area contributed by atoms with Crippen LogP contribution in [0.2, 0.25) is 0 Å². The zero-order valence-electron chi connectivity index (χ0n) is 12.3. The molecule has 6 nitrogen and oxygen atoms in total. The fourth-order valence-electron chi connectivity index (χ4n) is 2.90. The van der Waals surface area contributed by atoms with E-state index in [1.54, 1.807) is 32.4 Å². The van der Waals surface area contributed by atoms with Gasteiger partial charge >= 0.3 is 5.69 Å². The summed E-state index contributed by atoms with van der Waals surface area (Å²) in [5.41, 5.74) is 0.112. The van der Waals surface area contributed by atoms with Gasteiger partial charge in [-0.1, -0.05) is 0 Å². The van der Waals surface area contributed by atoms with Crippen molar-refractivity contribution in [2.75, 3.05) is 20.2 Å². The molecule has 1 unspecified atom stereocenters. The minimum atomic E-state index is -0.271. The minimum Gasteiger partial charge on any atom is -0.497 e. The van der Waals surface area contributed by atoms with Gasteiger partial charge in [0, 0.05) is 19.7 Å². The molecule has 0 aliphatic carbocycles. The molecule has 112 valence electrons. The van der Waals surface area contributed by atoms with Gasteiger partial charge in [-0.3, -0.25) is 13.9 Å². The van der Waals surface area contributed by atoms with Gasteiger partial charge in [0.2, 0.25) is 0 Å². The Labute approximate surface area is 122 Å². The highest BCUT2D eigenvalue weighted by atomic mass is 16.5. The van der Waals surface area contributed by atoms with Crippen LogP contribution >= 0.6 is 0 Å². The maximum absolute atomic E-state index is 12.6. The van der Waals surface area contributed by atoms with Crippen LogP contribution in [0.3, 0.4) is 0 Å². The molecular weight excluding hydrogens is 270 g/mol. The first-order chi connectivity index (χ1) is 10.1. The molecule has 2 heterocycles. The van der Waals surface area contributed by atoms with Crippen LogP contribution in [0.4, 0.5) is 0 Å². The van der Waals surface area contributed by atoms with Crippen molar-refractivity contribution < 1.29 is 4.74 Å². The molecule has 0 radical (unpaired) electrons. The molecular formula is C15H19N3O3. The molecule has 1 aromatic carbocycles. The summed E-state index contributed by atoms with van der Waals surface area (Å²) in [7, 11) is 3.25. The van der Waals surface area contributed by atoms with Crippen LogP contribution in [0.1, 0.15) is 6.42 Å². The van der Waals surface area contributed by atoms with Crippen molar-refractivity contribution in [2.24, 2.45) is 13.0 Å². The Bertz CT molecular complexity index is 785. The molecule has 1 saturated heterocycles. The number of rotatable bonds is 3. The Balaban J connectivity index is 2.17. The summed E-state index contributed by atoms with van der Waals surface area (Å²) in [4.78, 5) is 25.0. The Morgan fingerprint density at radius 1 is 1.38 bits per heavy atom. The minimum absolute atomic E-state index is 0.220. The van der Waals surface area contributed by atoms with Gasteiger partial charge in [-0.2, -0.15) is 0 Å². The van der Waals surface area contributed by atoms with Crippen LogP contribution in [0.5, 0.6) is 5.75 Å². The third kappa shape index (κ3) is 2.35. The molecule has 1 aliphatic heterocycles. The fraction of sp³-hybridized carbons (Fsp3) is 0.467. The van der Waals surface area contributed by atoms with E-state index in [0.717, 1.165) is 19.5 Å². The number of aromatic nitrogens is 2. The normalized spacial score (nSPS) is 18.3. The third-order valence-electron chi connectivity index (χ3n) is 4.16. The molecule has 21 heavy (non-hydrogen) atoms. The van der Waals surface area contributed by atoms with Crippen molar-refractivity contribution in [3.63, 3.8) is 0 Å². The van der Waals surface area contributed by atoms with E-state index in [1.807, 2.05) is 0 Å². The van der Waals surface area contributed by atoms with E-state index < -0.39 is 0 Å². The standard InChI is InChI=1S/C15H19N3O3/c1-17-13-7-11(21-2)3-4-12(13)14(19)18(15(17)20)9-10-5-6-16-8-10/h3-4,7,10,16H,5-6,8-9H2,1-2H3. The SMILES string of the molecule is COc1ccc2c(=O)n(CC3CCNC3)c(=O)n(C)c2c1. The number of hydrogen-bond acceptors (Lipinski definition) is 4. The number of methoxy groups -OCH3 is 1. The summed E-state index contributed by atoms with van der Waals surface area (Å²) >= 11 is 0. The van der Waals surface area contributed by atoms with Gasteiger partial charge in [-0.05, 0) is 37.6 Å². The second-order valence-corrected chi connectivity index (χ2v) is 5.50. The summed E-state index contributed by atoms with van der Waals surface area (Å²) in [6, 6.07) is 5.19. The van der Waals surface area contributed by atoms with E-state index in [-0.39, 0.29) is 11.2 Å². The predicted octanol–water partition coefficient (Wildman–Crippen LogP) is 0.318. The molecule has 0 spiro atoms. The molecule has 0 saturated carbocycles. The summed E-state index contributed by atoms with van der Waals surface area (Å²) < 4.78 is 8.03. The summed E-state index contributed by atoms with van der Waals surface area (Å²) in [5, 5.41) is 3.80. The van der Waals surface area contributed by atoms with Gasteiger partial charge in [0.15, 0.2) is 0 Å². The van der Waals surface area contributed by atoms with E-state index in [0.29, 0.717) is 29.1 Å². The average Bonchev–Trinajstić information content (AvgIpc) is 3.02. The second kappa shape index (κ2) is 5.37. The number of fused-ring (bicyclic) bond motifs is 1. The summed E-state index contributed by atoms with van der Waals surface area (Å²) in [6.45, 7) is 2.28. The molecule has 1 aromatic heterocycles. The fourth-order valence-corrected chi connectivity index (χ4v) is 2.90. The van der Waals surface area contributed by atoms with Crippen LogP contribution in [-0.4, -0.2) is 29.3 Å². The zero-order valence-corrected chi connectivity index (χ0v) is 12.3. The predicted molar refractivity (Wildman–Crippen MR) is 81.0 cm³/mol. The van der Waals surface area contributed by atoms with Crippen LogP contribution in [0.15, 0.2) is 27.8 Å². The van der Waals surface area contributed by atoms with Crippen molar-refractivity contribution in [2.45, 2.75) is 13.0 Å². The molecule has 1 atom stereocenters. The van der Waals surface area contributed by atoms with Gasteiger partial charge in [0.1, 0.15) is 5.75 Å². The van der Waals surface area contributed by atoms with Crippen molar-refractivity contribution in [3.05, 3.63) is 39.0 Å². The van der Waals surface area contributed by atoms with Crippen molar-refractivity contribution in [1.29, 1.82) is 0 Å². The van der Waals surface area contributed by atoms with Crippen LogP contribution in [0, 0.1) is 5.92 Å². The summed E-state index contributed by atoms with van der Waals surface area (Å²) in [6.07, 6.45) is 0.996. The molecule has 6 heteroatoms. The van der Waals surface area contributed by atoms with Gasteiger partial charge in [0.25, 0.3) is 5.56 Å². The smallest absolute Gasteiger partial charge is 0.331 e. The molecule has 3 rings (SSSR count). The molecule has 0 amide bonds. The van der Waals surface area contributed by atoms with Crippen molar-refractivity contribution >= 4 is 10.9 Å². The lowest BCUT2D eigenvalue weighted by molar-refractivity contribution is 0.415. The highest BCUT2D eigenvalue weighted by Crippen LogP contribution is 2.17. The first kappa shape index (κ1) is 13.9. The van der Waals surface area contributed by atoms with E-state index in [1.165, 1.54) is 9.13 Å². The van der Waals surface area contributed by atoms with Crippen LogP contribution < -0.4 is 21.3 Å². The molecule has 1 aliphatic rings. The zero-order chi connectivity index (χ0) is 15.0. The van der Waals surface area contributed by atoms with Crippen LogP contribution in [0.25, 0.3) is 10.9 Å². The topological polar surface area (TPSA) is 65.3 Å². The Hall–Kier alpha value is -2.08. The molecule has 2 aromatic rings. The Kier molecular flexibility index (Phi) is 3.55. The van der Waals surface area contributed by atoms with Gasteiger partial charge in [-0.15, -0.1) is 0 Å². The van der Waals surface area contributed by atoms with E-state index >= 15 is 0 Å².